The maximum Gasteiger partial charge on any atom is 0.316 e. The lowest BCUT2D eigenvalue weighted by atomic mass is 9.90. The molecule has 20 heavy (non-hydrogen) atoms. The lowest BCUT2D eigenvalue weighted by Crippen LogP contribution is -2.28. The third-order valence-corrected chi connectivity index (χ3v) is 4.20. The molecule has 1 aliphatic rings. The number of carbonyl (C=O) groups excluding carboxylic acids is 1. The van der Waals surface area contributed by atoms with Crippen molar-refractivity contribution in [1.29, 1.82) is 0 Å². The van der Waals surface area contributed by atoms with Crippen LogP contribution in [0.1, 0.15) is 24.0 Å². The molecule has 4 heteroatoms. The van der Waals surface area contributed by atoms with E-state index in [0.29, 0.717) is 6.61 Å². The van der Waals surface area contributed by atoms with Crippen LogP contribution < -0.4 is 5.32 Å². The maximum atomic E-state index is 11.1. The fourth-order valence-corrected chi connectivity index (χ4v) is 2.81. The fraction of sp³-hybridized carbons (Fsp3) is 0.562. The average molecular weight is 340 g/mol. The van der Waals surface area contributed by atoms with E-state index in [2.05, 4.69) is 45.5 Å². The van der Waals surface area contributed by atoms with Gasteiger partial charge in [0.25, 0.3) is 0 Å². The summed E-state index contributed by atoms with van der Waals surface area (Å²) >= 11 is 3.09. The standard InChI is InChI=1S/C16H22BrNO2/c17-12-16(19)20-9-6-13-2-1-3-15(10-13)11-14-4-7-18-8-5-14/h1-3,10,14,18H,4-9,11-12H2. The Morgan fingerprint density at radius 1 is 1.30 bits per heavy atom. The molecule has 1 aromatic carbocycles. The van der Waals surface area contributed by atoms with Gasteiger partial charge in [0.1, 0.15) is 5.33 Å². The van der Waals surface area contributed by atoms with E-state index in [9.17, 15) is 4.79 Å². The van der Waals surface area contributed by atoms with Gasteiger partial charge in [-0.2, -0.15) is 0 Å². The first-order chi connectivity index (χ1) is 9.78. The second-order valence-corrected chi connectivity index (χ2v) is 5.88. The highest BCUT2D eigenvalue weighted by Gasteiger charge is 2.13. The second kappa shape index (κ2) is 8.42. The molecule has 1 aliphatic heterocycles. The predicted octanol–water partition coefficient (Wildman–Crippen LogP) is 2.71. The van der Waals surface area contributed by atoms with E-state index in [1.807, 2.05) is 0 Å². The largest absolute Gasteiger partial charge is 0.465 e. The van der Waals surface area contributed by atoms with E-state index in [1.54, 1.807) is 0 Å². The number of hydrogen-bond acceptors (Lipinski definition) is 3. The number of carbonyl (C=O) groups is 1. The zero-order chi connectivity index (χ0) is 14.2. The van der Waals surface area contributed by atoms with Crippen LogP contribution >= 0.6 is 15.9 Å². The molecule has 1 saturated heterocycles. The molecule has 0 bridgehead atoms. The molecule has 3 nitrogen and oxygen atoms in total. The first kappa shape index (κ1) is 15.5. The quantitative estimate of drug-likeness (QED) is 0.639. The third kappa shape index (κ3) is 5.25. The second-order valence-electron chi connectivity index (χ2n) is 5.32. The molecule has 110 valence electrons. The summed E-state index contributed by atoms with van der Waals surface area (Å²) in [5.74, 6) is 0.605. The number of piperidine rings is 1. The number of ether oxygens (including phenoxy) is 1. The van der Waals surface area contributed by atoms with Gasteiger partial charge in [0, 0.05) is 6.42 Å². The summed E-state index contributed by atoms with van der Waals surface area (Å²) in [7, 11) is 0. The summed E-state index contributed by atoms with van der Waals surface area (Å²) < 4.78 is 5.09. The number of alkyl halides is 1. The molecule has 0 unspecified atom stereocenters. The van der Waals surface area contributed by atoms with Crippen molar-refractivity contribution in [2.75, 3.05) is 25.0 Å². The summed E-state index contributed by atoms with van der Waals surface area (Å²) in [4.78, 5) is 11.1. The van der Waals surface area contributed by atoms with Gasteiger partial charge >= 0.3 is 5.97 Å². The van der Waals surface area contributed by atoms with Gasteiger partial charge in [-0.05, 0) is 49.4 Å². The fourth-order valence-electron chi connectivity index (χ4n) is 2.65. The maximum absolute atomic E-state index is 11.1. The average Bonchev–Trinajstić information content (AvgIpc) is 2.48. The van der Waals surface area contributed by atoms with Crippen molar-refractivity contribution in [1.82, 2.24) is 5.32 Å². The van der Waals surface area contributed by atoms with E-state index >= 15 is 0 Å². The predicted molar refractivity (Wildman–Crippen MR) is 84.2 cm³/mol. The van der Waals surface area contributed by atoms with E-state index < -0.39 is 0 Å². The van der Waals surface area contributed by atoms with Gasteiger partial charge in [-0.25, -0.2) is 0 Å². The van der Waals surface area contributed by atoms with Crippen LogP contribution in [0.25, 0.3) is 0 Å². The van der Waals surface area contributed by atoms with Crippen molar-refractivity contribution >= 4 is 21.9 Å². The molecule has 1 aromatic rings. The van der Waals surface area contributed by atoms with Crippen LogP contribution in [-0.2, 0) is 22.4 Å². The van der Waals surface area contributed by atoms with Gasteiger partial charge in [0.05, 0.1) is 6.61 Å². The van der Waals surface area contributed by atoms with E-state index in [-0.39, 0.29) is 11.3 Å². The van der Waals surface area contributed by atoms with Crippen molar-refractivity contribution < 1.29 is 9.53 Å². The van der Waals surface area contributed by atoms with Gasteiger partial charge in [-0.3, -0.25) is 4.79 Å². The molecule has 0 amide bonds. The molecule has 1 heterocycles. The normalized spacial score (nSPS) is 16.1. The first-order valence-corrected chi connectivity index (χ1v) is 8.40. The summed E-state index contributed by atoms with van der Waals surface area (Å²) in [5, 5.41) is 3.67. The van der Waals surface area contributed by atoms with Crippen molar-refractivity contribution in [2.24, 2.45) is 5.92 Å². The van der Waals surface area contributed by atoms with Crippen molar-refractivity contribution in [3.05, 3.63) is 35.4 Å². The summed E-state index contributed by atoms with van der Waals surface area (Å²) in [6.45, 7) is 2.75. The lowest BCUT2D eigenvalue weighted by molar-refractivity contribution is -0.140. The Morgan fingerprint density at radius 2 is 2.05 bits per heavy atom. The van der Waals surface area contributed by atoms with Crippen molar-refractivity contribution in [3.8, 4) is 0 Å². The number of esters is 1. The van der Waals surface area contributed by atoms with Gasteiger partial charge in [-0.1, -0.05) is 40.2 Å². The van der Waals surface area contributed by atoms with Crippen LogP contribution in [0.5, 0.6) is 0 Å². The molecule has 0 aromatic heterocycles. The Morgan fingerprint density at radius 3 is 2.80 bits per heavy atom. The van der Waals surface area contributed by atoms with E-state index in [1.165, 1.54) is 24.0 Å². The van der Waals surface area contributed by atoms with E-state index in [4.69, 9.17) is 4.74 Å². The highest BCUT2D eigenvalue weighted by atomic mass is 79.9. The molecule has 2 rings (SSSR count). The number of rotatable bonds is 6. The topological polar surface area (TPSA) is 38.3 Å². The summed E-state index contributed by atoms with van der Waals surface area (Å²) in [5.41, 5.74) is 2.65. The van der Waals surface area contributed by atoms with Crippen molar-refractivity contribution in [2.45, 2.75) is 25.7 Å². The van der Waals surface area contributed by atoms with Crippen molar-refractivity contribution in [3.63, 3.8) is 0 Å². The molecule has 0 saturated carbocycles. The van der Waals surface area contributed by atoms with Gasteiger partial charge in [0.2, 0.25) is 0 Å². The van der Waals surface area contributed by atoms with Crippen LogP contribution in [-0.4, -0.2) is 31.0 Å². The lowest BCUT2D eigenvalue weighted by Gasteiger charge is -2.22. The minimum Gasteiger partial charge on any atom is -0.465 e. The number of hydrogen-bond donors (Lipinski definition) is 1. The Labute approximate surface area is 129 Å². The molecule has 0 atom stereocenters. The Kier molecular flexibility index (Phi) is 6.54. The number of benzene rings is 1. The molecule has 0 radical (unpaired) electrons. The third-order valence-electron chi connectivity index (χ3n) is 3.74. The minimum atomic E-state index is -0.198. The van der Waals surface area contributed by atoms with Crippen LogP contribution in [0.3, 0.4) is 0 Å². The van der Waals surface area contributed by atoms with Crippen LogP contribution in [0.2, 0.25) is 0 Å². The van der Waals surface area contributed by atoms with E-state index in [0.717, 1.165) is 31.8 Å². The molecule has 1 N–H and O–H groups in total. The Bertz CT molecular complexity index is 430. The summed E-state index contributed by atoms with van der Waals surface area (Å²) in [6.07, 6.45) is 4.50. The number of nitrogens with one attached hydrogen (secondary N) is 1. The van der Waals surface area contributed by atoms with Gasteiger partial charge < -0.3 is 10.1 Å². The smallest absolute Gasteiger partial charge is 0.316 e. The molecule has 1 fully saturated rings. The zero-order valence-electron chi connectivity index (χ0n) is 11.7. The van der Waals surface area contributed by atoms with Crippen LogP contribution in [0.15, 0.2) is 24.3 Å². The Balaban J connectivity index is 1.82. The molecule has 0 aliphatic carbocycles. The minimum absolute atomic E-state index is 0.198. The van der Waals surface area contributed by atoms with Gasteiger partial charge in [0.15, 0.2) is 0 Å². The molecular formula is C16H22BrNO2. The highest BCUT2D eigenvalue weighted by molar-refractivity contribution is 9.09. The molecule has 0 spiro atoms. The first-order valence-electron chi connectivity index (χ1n) is 7.28. The molecular weight excluding hydrogens is 318 g/mol. The van der Waals surface area contributed by atoms with Gasteiger partial charge in [-0.15, -0.1) is 0 Å². The highest BCUT2D eigenvalue weighted by Crippen LogP contribution is 2.18. The SMILES string of the molecule is O=C(CBr)OCCc1cccc(CC2CCNCC2)c1. The van der Waals surface area contributed by atoms with Crippen LogP contribution in [0, 0.1) is 5.92 Å². The number of halogens is 1. The Hall–Kier alpha value is -0.870. The van der Waals surface area contributed by atoms with Crippen LogP contribution in [0.4, 0.5) is 0 Å². The zero-order valence-corrected chi connectivity index (χ0v) is 13.3. The summed E-state index contributed by atoms with van der Waals surface area (Å²) in [6, 6.07) is 8.67. The monoisotopic (exact) mass is 339 g/mol.